The van der Waals surface area contributed by atoms with Crippen molar-refractivity contribution >= 4 is 5.91 Å². The first kappa shape index (κ1) is 19.0. The van der Waals surface area contributed by atoms with E-state index in [-0.39, 0.29) is 19.1 Å². The number of β-amino-alcohol motifs (C(OH)–C–C–N with tert-alkyl or cyclic N) is 1. The number of hydrogen-bond acceptors (Lipinski definition) is 6. The minimum absolute atomic E-state index is 0.226. The highest BCUT2D eigenvalue weighted by Crippen LogP contribution is 2.29. The molecule has 2 saturated heterocycles. The molecule has 1 aliphatic carbocycles. The molecule has 25 heavy (non-hydrogen) atoms. The van der Waals surface area contributed by atoms with E-state index in [1.165, 1.54) is 12.8 Å². The maximum Gasteiger partial charge on any atom is 0.225 e. The maximum absolute atomic E-state index is 12.5. The number of hydrogen-bond donors (Lipinski definition) is 4. The molecular weight excluding hydrogens is 324 g/mol. The van der Waals surface area contributed by atoms with Crippen molar-refractivity contribution in [2.24, 2.45) is 11.8 Å². The van der Waals surface area contributed by atoms with Crippen molar-refractivity contribution < 1.29 is 25.2 Å². The fourth-order valence-electron chi connectivity index (χ4n) is 4.69. The summed E-state index contributed by atoms with van der Waals surface area (Å²) in [5.74, 6) is 0.914. The van der Waals surface area contributed by atoms with E-state index in [1.54, 1.807) is 0 Å². The van der Waals surface area contributed by atoms with Crippen molar-refractivity contribution in [1.82, 2.24) is 9.80 Å². The molecule has 3 aliphatic rings. The van der Waals surface area contributed by atoms with Crippen LogP contribution in [0.15, 0.2) is 0 Å². The van der Waals surface area contributed by atoms with Gasteiger partial charge in [-0.2, -0.15) is 0 Å². The summed E-state index contributed by atoms with van der Waals surface area (Å²) in [5, 5.41) is 39.3. The molecule has 0 bridgehead atoms. The third-order valence-corrected chi connectivity index (χ3v) is 6.34. The van der Waals surface area contributed by atoms with Gasteiger partial charge in [0.05, 0.1) is 18.8 Å². The molecule has 0 aromatic heterocycles. The van der Waals surface area contributed by atoms with Crippen LogP contribution in [0.4, 0.5) is 0 Å². The van der Waals surface area contributed by atoms with Crippen molar-refractivity contribution in [3.8, 4) is 0 Å². The maximum atomic E-state index is 12.5. The zero-order chi connectivity index (χ0) is 18.0. The first-order valence-electron chi connectivity index (χ1n) is 9.69. The third-order valence-electron chi connectivity index (χ3n) is 6.34. The Hall–Kier alpha value is -0.730. The molecule has 4 N–H and O–H groups in total. The van der Waals surface area contributed by atoms with Crippen LogP contribution in [-0.2, 0) is 4.79 Å². The van der Waals surface area contributed by atoms with Crippen LogP contribution in [0.25, 0.3) is 0 Å². The Balaban J connectivity index is 1.50. The van der Waals surface area contributed by atoms with Crippen LogP contribution in [0, 0.1) is 11.8 Å². The third kappa shape index (κ3) is 4.17. The zero-order valence-electron chi connectivity index (χ0n) is 14.8. The molecule has 1 saturated carbocycles. The van der Waals surface area contributed by atoms with Crippen LogP contribution in [0.2, 0.25) is 0 Å². The summed E-state index contributed by atoms with van der Waals surface area (Å²) in [6, 6.07) is -0.545. The lowest BCUT2D eigenvalue weighted by Gasteiger charge is -2.45. The smallest absolute Gasteiger partial charge is 0.225 e. The lowest BCUT2D eigenvalue weighted by atomic mass is 9.90. The van der Waals surface area contributed by atoms with Gasteiger partial charge in [-0.15, -0.1) is 0 Å². The first-order chi connectivity index (χ1) is 12.0. The highest BCUT2D eigenvalue weighted by Gasteiger charge is 2.42. The van der Waals surface area contributed by atoms with Crippen molar-refractivity contribution in [2.75, 3.05) is 32.8 Å². The Kier molecular flexibility index (Phi) is 6.33. The summed E-state index contributed by atoms with van der Waals surface area (Å²) in [6.45, 7) is 2.21. The number of likely N-dealkylation sites (tertiary alicyclic amines) is 2. The van der Waals surface area contributed by atoms with Gasteiger partial charge in [0.2, 0.25) is 5.91 Å². The lowest BCUT2D eigenvalue weighted by molar-refractivity contribution is -0.149. The van der Waals surface area contributed by atoms with Gasteiger partial charge < -0.3 is 25.3 Å². The molecule has 0 radical (unpaired) electrons. The molecule has 0 aromatic rings. The van der Waals surface area contributed by atoms with Crippen LogP contribution < -0.4 is 0 Å². The minimum Gasteiger partial charge on any atom is -0.395 e. The van der Waals surface area contributed by atoms with Crippen molar-refractivity contribution in [2.45, 2.75) is 62.9 Å². The molecule has 1 amide bonds. The Labute approximate surface area is 149 Å². The fourth-order valence-corrected chi connectivity index (χ4v) is 4.69. The van der Waals surface area contributed by atoms with Gasteiger partial charge >= 0.3 is 0 Å². The van der Waals surface area contributed by atoms with E-state index in [9.17, 15) is 25.2 Å². The number of amides is 1. The Morgan fingerprint density at radius 2 is 1.60 bits per heavy atom. The van der Waals surface area contributed by atoms with Crippen LogP contribution in [0.5, 0.6) is 0 Å². The summed E-state index contributed by atoms with van der Waals surface area (Å²) in [5.41, 5.74) is 0. The van der Waals surface area contributed by atoms with E-state index < -0.39 is 24.4 Å². The van der Waals surface area contributed by atoms with Crippen molar-refractivity contribution in [3.63, 3.8) is 0 Å². The fraction of sp³-hybridized carbons (Fsp3) is 0.944. The van der Waals surface area contributed by atoms with Gasteiger partial charge in [0.1, 0.15) is 12.2 Å². The summed E-state index contributed by atoms with van der Waals surface area (Å²) >= 11 is 0. The molecule has 7 nitrogen and oxygen atoms in total. The van der Waals surface area contributed by atoms with Gasteiger partial charge in [-0.05, 0) is 31.6 Å². The van der Waals surface area contributed by atoms with E-state index in [1.807, 2.05) is 9.80 Å². The predicted octanol–water partition coefficient (Wildman–Crippen LogP) is -0.826. The molecule has 3 fully saturated rings. The number of carbonyl (C=O) groups excluding carboxylic acids is 1. The standard InChI is InChI=1S/C18H32N2O5/c21-11-14-16(23)17(24)15(22)10-20(14)9-12-5-7-19(8-6-12)18(25)13-3-1-2-4-13/h12-17,21-24H,1-11H2/t14-,15+,16-,17-/m1/s1. The number of aliphatic hydroxyl groups is 4. The summed E-state index contributed by atoms with van der Waals surface area (Å²) in [6.07, 6.45) is 2.86. The quantitative estimate of drug-likeness (QED) is 0.524. The highest BCUT2D eigenvalue weighted by atomic mass is 16.4. The average molecular weight is 356 g/mol. The molecule has 2 heterocycles. The lowest BCUT2D eigenvalue weighted by Crippen LogP contribution is -2.63. The summed E-state index contributed by atoms with van der Waals surface area (Å²) < 4.78 is 0. The van der Waals surface area contributed by atoms with Crippen LogP contribution in [-0.4, -0.2) is 93.3 Å². The molecule has 144 valence electrons. The zero-order valence-corrected chi connectivity index (χ0v) is 14.8. The number of piperidine rings is 2. The highest BCUT2D eigenvalue weighted by molar-refractivity contribution is 5.79. The second-order valence-electron chi connectivity index (χ2n) is 8.00. The van der Waals surface area contributed by atoms with Crippen LogP contribution in [0.3, 0.4) is 0 Å². The number of aliphatic hydroxyl groups excluding tert-OH is 4. The van der Waals surface area contributed by atoms with Crippen LogP contribution >= 0.6 is 0 Å². The molecule has 2 aliphatic heterocycles. The Bertz CT molecular complexity index is 449. The number of nitrogens with zero attached hydrogens (tertiary/aromatic N) is 2. The minimum atomic E-state index is -1.21. The normalized spacial score (nSPS) is 36.1. The topological polar surface area (TPSA) is 104 Å². The molecule has 4 atom stereocenters. The van der Waals surface area contributed by atoms with Gasteiger partial charge in [0.25, 0.3) is 0 Å². The molecule has 0 spiro atoms. The summed E-state index contributed by atoms with van der Waals surface area (Å²) in [7, 11) is 0. The van der Waals surface area contributed by atoms with Gasteiger partial charge in [0.15, 0.2) is 0 Å². The van der Waals surface area contributed by atoms with E-state index >= 15 is 0 Å². The molecule has 7 heteroatoms. The monoisotopic (exact) mass is 356 g/mol. The van der Waals surface area contributed by atoms with E-state index in [2.05, 4.69) is 0 Å². The first-order valence-corrected chi connectivity index (χ1v) is 9.69. The van der Waals surface area contributed by atoms with Crippen LogP contribution in [0.1, 0.15) is 38.5 Å². The Morgan fingerprint density at radius 1 is 0.960 bits per heavy atom. The number of carbonyl (C=O) groups is 1. The van der Waals surface area contributed by atoms with Gasteiger partial charge in [0, 0.05) is 32.1 Å². The molecule has 3 rings (SSSR count). The molecule has 0 aromatic carbocycles. The van der Waals surface area contributed by atoms with E-state index in [4.69, 9.17) is 0 Å². The predicted molar refractivity (Wildman–Crippen MR) is 91.7 cm³/mol. The van der Waals surface area contributed by atoms with E-state index in [0.29, 0.717) is 18.4 Å². The second-order valence-corrected chi connectivity index (χ2v) is 8.00. The average Bonchev–Trinajstić information content (AvgIpc) is 3.15. The second kappa shape index (κ2) is 8.31. The van der Waals surface area contributed by atoms with Crippen molar-refractivity contribution in [1.29, 1.82) is 0 Å². The van der Waals surface area contributed by atoms with Gasteiger partial charge in [-0.3, -0.25) is 9.69 Å². The number of rotatable bonds is 4. The van der Waals surface area contributed by atoms with Gasteiger partial charge in [-0.1, -0.05) is 12.8 Å². The largest absolute Gasteiger partial charge is 0.395 e. The Morgan fingerprint density at radius 3 is 2.20 bits per heavy atom. The SMILES string of the molecule is O=C(C1CCCC1)N1CCC(CN2C[C@H](O)[C@@H](O)[C@H](O)[C@H]2CO)CC1. The molecule has 0 unspecified atom stereocenters. The van der Waals surface area contributed by atoms with Crippen molar-refractivity contribution in [3.05, 3.63) is 0 Å². The van der Waals surface area contributed by atoms with Gasteiger partial charge in [-0.25, -0.2) is 0 Å². The summed E-state index contributed by atoms with van der Waals surface area (Å²) in [4.78, 5) is 16.4. The van der Waals surface area contributed by atoms with E-state index in [0.717, 1.165) is 38.8 Å². The molecular formula is C18H32N2O5.